The molecule has 0 unspecified atom stereocenters. The zero-order valence-corrected chi connectivity index (χ0v) is 13.8. The van der Waals surface area contributed by atoms with E-state index in [-0.39, 0.29) is 11.4 Å². The van der Waals surface area contributed by atoms with E-state index >= 15 is 0 Å². The van der Waals surface area contributed by atoms with E-state index in [0.29, 0.717) is 12.3 Å². The third kappa shape index (κ3) is 5.76. The monoisotopic (exact) mass is 326 g/mol. The standard InChI is InChI=1S/C13H18N4O2S2/c1-13(2,3)15-11-16-17-12(21-11)20-8-10(18)14-7-9-5-4-6-19-9/h4-6H,7-8H2,1-3H3,(H,14,18)(H,15,16). The van der Waals surface area contributed by atoms with Crippen molar-refractivity contribution in [1.29, 1.82) is 0 Å². The van der Waals surface area contributed by atoms with E-state index < -0.39 is 0 Å². The van der Waals surface area contributed by atoms with E-state index in [4.69, 9.17) is 4.42 Å². The minimum absolute atomic E-state index is 0.0537. The molecule has 0 radical (unpaired) electrons. The van der Waals surface area contributed by atoms with Crippen LogP contribution in [0.4, 0.5) is 5.13 Å². The fourth-order valence-corrected chi connectivity index (χ4v) is 3.21. The Kier molecular flexibility index (Phi) is 5.24. The molecular formula is C13H18N4O2S2. The molecule has 0 aromatic carbocycles. The summed E-state index contributed by atoms with van der Waals surface area (Å²) in [4.78, 5) is 11.7. The molecule has 6 nitrogen and oxygen atoms in total. The van der Waals surface area contributed by atoms with Crippen molar-refractivity contribution >= 4 is 34.1 Å². The van der Waals surface area contributed by atoms with Gasteiger partial charge < -0.3 is 15.1 Å². The van der Waals surface area contributed by atoms with Crippen LogP contribution in [0.1, 0.15) is 26.5 Å². The van der Waals surface area contributed by atoms with Crippen molar-refractivity contribution in [2.24, 2.45) is 0 Å². The van der Waals surface area contributed by atoms with Crippen LogP contribution in [0.25, 0.3) is 0 Å². The summed E-state index contributed by atoms with van der Waals surface area (Å²) in [6.45, 7) is 6.58. The highest BCUT2D eigenvalue weighted by molar-refractivity contribution is 8.01. The lowest BCUT2D eigenvalue weighted by Crippen LogP contribution is -2.25. The Balaban J connectivity index is 1.74. The van der Waals surface area contributed by atoms with E-state index in [0.717, 1.165) is 15.2 Å². The summed E-state index contributed by atoms with van der Waals surface area (Å²) in [5, 5.41) is 14.9. The molecule has 2 rings (SSSR count). The van der Waals surface area contributed by atoms with Crippen LogP contribution in [-0.2, 0) is 11.3 Å². The first-order chi connectivity index (χ1) is 9.92. The molecule has 0 bridgehead atoms. The normalized spacial score (nSPS) is 11.4. The molecule has 0 saturated heterocycles. The van der Waals surface area contributed by atoms with Gasteiger partial charge in [0.1, 0.15) is 5.76 Å². The van der Waals surface area contributed by atoms with Crippen LogP contribution in [0.5, 0.6) is 0 Å². The molecule has 2 aromatic rings. The van der Waals surface area contributed by atoms with E-state index in [1.807, 2.05) is 6.07 Å². The van der Waals surface area contributed by atoms with Crippen molar-refractivity contribution in [2.45, 2.75) is 37.2 Å². The predicted octanol–water partition coefficient (Wildman–Crippen LogP) is 2.75. The van der Waals surface area contributed by atoms with Crippen LogP contribution in [0.15, 0.2) is 27.2 Å². The predicted molar refractivity (Wildman–Crippen MR) is 84.6 cm³/mol. The van der Waals surface area contributed by atoms with Crippen molar-refractivity contribution in [3.8, 4) is 0 Å². The van der Waals surface area contributed by atoms with Gasteiger partial charge in [0.15, 0.2) is 4.34 Å². The fourth-order valence-electron chi connectivity index (χ4n) is 1.42. The minimum atomic E-state index is -0.0584. The summed E-state index contributed by atoms with van der Waals surface area (Å²) in [6.07, 6.45) is 1.58. The van der Waals surface area contributed by atoms with Crippen LogP contribution in [0.3, 0.4) is 0 Å². The number of carbonyl (C=O) groups is 1. The van der Waals surface area contributed by atoms with Crippen LogP contribution in [0.2, 0.25) is 0 Å². The van der Waals surface area contributed by atoms with Gasteiger partial charge >= 0.3 is 0 Å². The Morgan fingerprint density at radius 3 is 2.90 bits per heavy atom. The van der Waals surface area contributed by atoms with Crippen LogP contribution < -0.4 is 10.6 Å². The molecule has 114 valence electrons. The van der Waals surface area contributed by atoms with Gasteiger partial charge in [-0.1, -0.05) is 23.1 Å². The molecular weight excluding hydrogens is 308 g/mol. The second-order valence-electron chi connectivity index (χ2n) is 5.39. The molecule has 0 aliphatic rings. The number of carbonyl (C=O) groups excluding carboxylic acids is 1. The quantitative estimate of drug-likeness (QED) is 0.795. The molecule has 2 heterocycles. The van der Waals surface area contributed by atoms with E-state index in [9.17, 15) is 4.79 Å². The lowest BCUT2D eigenvalue weighted by Gasteiger charge is -2.18. The maximum Gasteiger partial charge on any atom is 0.230 e. The van der Waals surface area contributed by atoms with E-state index in [2.05, 4.69) is 41.6 Å². The van der Waals surface area contributed by atoms with Crippen molar-refractivity contribution in [1.82, 2.24) is 15.5 Å². The summed E-state index contributed by atoms with van der Waals surface area (Å²) in [7, 11) is 0. The second kappa shape index (κ2) is 6.95. The lowest BCUT2D eigenvalue weighted by atomic mass is 10.1. The van der Waals surface area contributed by atoms with E-state index in [1.165, 1.54) is 23.1 Å². The summed E-state index contributed by atoms with van der Waals surface area (Å²) in [5.74, 6) is 0.989. The Labute approximate surface area is 131 Å². The highest BCUT2D eigenvalue weighted by atomic mass is 32.2. The Bertz CT molecular complexity index is 575. The molecule has 2 N–H and O–H groups in total. The zero-order valence-electron chi connectivity index (χ0n) is 12.2. The van der Waals surface area contributed by atoms with Crippen LogP contribution >= 0.6 is 23.1 Å². The molecule has 21 heavy (non-hydrogen) atoms. The summed E-state index contributed by atoms with van der Waals surface area (Å²) < 4.78 is 5.92. The van der Waals surface area contributed by atoms with Crippen LogP contribution in [0, 0.1) is 0 Å². The zero-order chi connectivity index (χ0) is 15.3. The van der Waals surface area contributed by atoms with Crippen molar-refractivity contribution in [2.75, 3.05) is 11.1 Å². The number of rotatable bonds is 6. The van der Waals surface area contributed by atoms with Crippen molar-refractivity contribution < 1.29 is 9.21 Å². The molecule has 0 atom stereocenters. The molecule has 0 saturated carbocycles. The molecule has 1 amide bonds. The van der Waals surface area contributed by atoms with Gasteiger partial charge in [0.2, 0.25) is 11.0 Å². The van der Waals surface area contributed by atoms with Gasteiger partial charge in [-0.2, -0.15) is 0 Å². The average Bonchev–Trinajstić information content (AvgIpc) is 3.03. The number of nitrogens with one attached hydrogen (secondary N) is 2. The molecule has 0 fully saturated rings. The van der Waals surface area contributed by atoms with Gasteiger partial charge in [0.05, 0.1) is 18.6 Å². The van der Waals surface area contributed by atoms with Gasteiger partial charge in [-0.3, -0.25) is 4.79 Å². The summed E-state index contributed by atoms with van der Waals surface area (Å²) in [6, 6.07) is 3.61. The number of hydrogen-bond acceptors (Lipinski definition) is 7. The lowest BCUT2D eigenvalue weighted by molar-refractivity contribution is -0.118. The third-order valence-corrected chi connectivity index (χ3v) is 4.23. The third-order valence-electron chi connectivity index (χ3n) is 2.26. The first-order valence-electron chi connectivity index (χ1n) is 6.46. The number of anilines is 1. The number of thioether (sulfide) groups is 1. The smallest absolute Gasteiger partial charge is 0.230 e. The Morgan fingerprint density at radius 2 is 2.24 bits per heavy atom. The van der Waals surface area contributed by atoms with Gasteiger partial charge in [-0.15, -0.1) is 10.2 Å². The fraction of sp³-hybridized carbons (Fsp3) is 0.462. The number of nitrogens with zero attached hydrogens (tertiary/aromatic N) is 2. The molecule has 0 aliphatic heterocycles. The highest BCUT2D eigenvalue weighted by Crippen LogP contribution is 2.26. The second-order valence-corrected chi connectivity index (χ2v) is 7.59. The topological polar surface area (TPSA) is 80.0 Å². The Morgan fingerprint density at radius 1 is 1.43 bits per heavy atom. The van der Waals surface area contributed by atoms with Gasteiger partial charge in [-0.25, -0.2) is 0 Å². The molecule has 0 aliphatic carbocycles. The molecule has 2 aromatic heterocycles. The number of aromatic nitrogens is 2. The molecule has 0 spiro atoms. The molecule has 8 heteroatoms. The first kappa shape index (κ1) is 15.8. The largest absolute Gasteiger partial charge is 0.467 e. The number of amides is 1. The summed E-state index contributed by atoms with van der Waals surface area (Å²) in [5.41, 5.74) is -0.0537. The van der Waals surface area contributed by atoms with Gasteiger partial charge in [-0.05, 0) is 32.9 Å². The number of furan rings is 1. The Hall–Kier alpha value is -1.54. The van der Waals surface area contributed by atoms with Gasteiger partial charge in [0.25, 0.3) is 0 Å². The van der Waals surface area contributed by atoms with E-state index in [1.54, 1.807) is 12.3 Å². The van der Waals surface area contributed by atoms with Crippen molar-refractivity contribution in [3.63, 3.8) is 0 Å². The van der Waals surface area contributed by atoms with Crippen molar-refractivity contribution in [3.05, 3.63) is 24.2 Å². The maximum absolute atomic E-state index is 11.7. The highest BCUT2D eigenvalue weighted by Gasteiger charge is 2.14. The van der Waals surface area contributed by atoms with Crippen LogP contribution in [-0.4, -0.2) is 27.4 Å². The average molecular weight is 326 g/mol. The summed E-state index contributed by atoms with van der Waals surface area (Å²) >= 11 is 2.82. The minimum Gasteiger partial charge on any atom is -0.467 e. The van der Waals surface area contributed by atoms with Gasteiger partial charge in [0, 0.05) is 5.54 Å². The SMILES string of the molecule is CC(C)(C)Nc1nnc(SCC(=O)NCc2ccco2)s1. The maximum atomic E-state index is 11.7. The number of hydrogen-bond donors (Lipinski definition) is 2. The first-order valence-corrected chi connectivity index (χ1v) is 8.26.